The number of rotatable bonds is 6. The van der Waals surface area contributed by atoms with Crippen LogP contribution < -0.4 is 10.2 Å². The second kappa shape index (κ2) is 9.91. The summed E-state index contributed by atoms with van der Waals surface area (Å²) in [5.41, 5.74) is 2.07. The molecule has 2 aliphatic rings. The molecular formula is C21H28N2O5S. The molecular weight excluding hydrogens is 392 g/mol. The number of anilines is 1. The average Bonchev–Trinajstić information content (AvgIpc) is 2.89. The van der Waals surface area contributed by atoms with Gasteiger partial charge in [-0.1, -0.05) is 25.0 Å². The number of nitrogens with one attached hydrogen (secondary N) is 1. The second-order valence-electron chi connectivity index (χ2n) is 7.60. The molecule has 1 N–H and O–H groups in total. The molecule has 2 aliphatic heterocycles. The fraction of sp³-hybridized carbons (Fsp3) is 0.524. The van der Waals surface area contributed by atoms with Crippen LogP contribution in [0.15, 0.2) is 30.3 Å². The van der Waals surface area contributed by atoms with E-state index in [0.29, 0.717) is 6.42 Å². The number of carbonyl (C=O) groups is 2. The molecule has 2 saturated heterocycles. The minimum atomic E-state index is -3.06. The number of benzene rings is 1. The third-order valence-electron chi connectivity index (χ3n) is 5.22. The van der Waals surface area contributed by atoms with Gasteiger partial charge in [0.25, 0.3) is 5.91 Å². The van der Waals surface area contributed by atoms with Gasteiger partial charge in [0.1, 0.15) is 0 Å². The van der Waals surface area contributed by atoms with Crippen LogP contribution in [0.5, 0.6) is 0 Å². The third kappa shape index (κ3) is 6.88. The van der Waals surface area contributed by atoms with E-state index in [2.05, 4.69) is 22.3 Å². The first-order chi connectivity index (χ1) is 13.9. The van der Waals surface area contributed by atoms with E-state index in [4.69, 9.17) is 4.74 Å². The van der Waals surface area contributed by atoms with Gasteiger partial charge in [-0.2, -0.15) is 0 Å². The number of ether oxygens (including phenoxy) is 1. The van der Waals surface area contributed by atoms with Crippen molar-refractivity contribution in [2.75, 3.05) is 36.1 Å². The number of esters is 1. The molecule has 0 bridgehead atoms. The van der Waals surface area contributed by atoms with Crippen molar-refractivity contribution in [2.24, 2.45) is 0 Å². The predicted molar refractivity (Wildman–Crippen MR) is 112 cm³/mol. The molecule has 0 radical (unpaired) electrons. The van der Waals surface area contributed by atoms with Crippen molar-refractivity contribution in [1.29, 1.82) is 0 Å². The molecule has 2 fully saturated rings. The summed E-state index contributed by atoms with van der Waals surface area (Å²) >= 11 is 0. The van der Waals surface area contributed by atoms with Gasteiger partial charge in [0, 0.05) is 30.9 Å². The Morgan fingerprint density at radius 2 is 1.79 bits per heavy atom. The first-order valence-corrected chi connectivity index (χ1v) is 11.9. The van der Waals surface area contributed by atoms with Crippen molar-refractivity contribution in [3.05, 3.63) is 35.9 Å². The predicted octanol–water partition coefficient (Wildman–Crippen LogP) is 1.93. The van der Waals surface area contributed by atoms with Crippen molar-refractivity contribution >= 4 is 33.5 Å². The van der Waals surface area contributed by atoms with Gasteiger partial charge in [-0.3, -0.25) is 4.79 Å². The maximum absolute atomic E-state index is 11.8. The summed E-state index contributed by atoms with van der Waals surface area (Å²) in [6.45, 7) is 1.74. The zero-order valence-corrected chi connectivity index (χ0v) is 17.3. The quantitative estimate of drug-likeness (QED) is 0.558. The number of carbonyl (C=O) groups excluding carboxylic acids is 2. The monoisotopic (exact) mass is 420 g/mol. The van der Waals surface area contributed by atoms with E-state index in [-0.39, 0.29) is 11.5 Å². The van der Waals surface area contributed by atoms with Crippen LogP contribution in [0.4, 0.5) is 5.69 Å². The van der Waals surface area contributed by atoms with Crippen molar-refractivity contribution in [3.8, 4) is 0 Å². The van der Waals surface area contributed by atoms with Gasteiger partial charge in [-0.15, -0.1) is 0 Å². The lowest BCUT2D eigenvalue weighted by atomic mass is 10.1. The van der Waals surface area contributed by atoms with E-state index < -0.39 is 34.4 Å². The Labute approximate surface area is 172 Å². The van der Waals surface area contributed by atoms with Crippen LogP contribution in [-0.2, 0) is 24.2 Å². The Hall–Kier alpha value is -2.35. The lowest BCUT2D eigenvalue weighted by Gasteiger charge is -2.22. The van der Waals surface area contributed by atoms with Crippen LogP contribution in [0.25, 0.3) is 6.08 Å². The van der Waals surface area contributed by atoms with Gasteiger partial charge in [0.2, 0.25) is 0 Å². The molecule has 158 valence electrons. The number of sulfone groups is 1. The van der Waals surface area contributed by atoms with Crippen LogP contribution in [0.3, 0.4) is 0 Å². The largest absolute Gasteiger partial charge is 0.452 e. The molecule has 2 heterocycles. The molecule has 1 atom stereocenters. The Morgan fingerprint density at radius 1 is 1.10 bits per heavy atom. The van der Waals surface area contributed by atoms with Gasteiger partial charge in [0.15, 0.2) is 16.4 Å². The van der Waals surface area contributed by atoms with Crippen molar-refractivity contribution < 1.29 is 22.7 Å². The summed E-state index contributed by atoms with van der Waals surface area (Å²) in [5, 5.41) is 2.58. The molecule has 7 nitrogen and oxygen atoms in total. The van der Waals surface area contributed by atoms with Gasteiger partial charge >= 0.3 is 5.97 Å². The lowest BCUT2D eigenvalue weighted by Crippen LogP contribution is -2.38. The van der Waals surface area contributed by atoms with E-state index in [1.807, 2.05) is 12.1 Å². The van der Waals surface area contributed by atoms with E-state index in [1.165, 1.54) is 37.4 Å². The molecule has 1 amide bonds. The molecule has 0 aromatic heterocycles. The second-order valence-corrected chi connectivity index (χ2v) is 9.83. The Kier molecular flexibility index (Phi) is 7.30. The highest BCUT2D eigenvalue weighted by atomic mass is 32.2. The highest BCUT2D eigenvalue weighted by Crippen LogP contribution is 2.20. The highest BCUT2D eigenvalue weighted by Gasteiger charge is 2.28. The van der Waals surface area contributed by atoms with Crippen molar-refractivity contribution in [3.63, 3.8) is 0 Å². The fourth-order valence-corrected chi connectivity index (χ4v) is 5.33. The van der Waals surface area contributed by atoms with E-state index >= 15 is 0 Å². The molecule has 29 heavy (non-hydrogen) atoms. The minimum Gasteiger partial charge on any atom is -0.452 e. The minimum absolute atomic E-state index is 0.0555. The summed E-state index contributed by atoms with van der Waals surface area (Å²) in [6, 6.07) is 7.62. The van der Waals surface area contributed by atoms with Gasteiger partial charge in [-0.25, -0.2) is 13.2 Å². The highest BCUT2D eigenvalue weighted by molar-refractivity contribution is 7.91. The Bertz CT molecular complexity index is 840. The van der Waals surface area contributed by atoms with Crippen molar-refractivity contribution in [1.82, 2.24) is 5.32 Å². The summed E-state index contributed by atoms with van der Waals surface area (Å²) in [4.78, 5) is 26.0. The summed E-state index contributed by atoms with van der Waals surface area (Å²) in [6.07, 6.45) is 8.35. The molecule has 1 aromatic rings. The summed E-state index contributed by atoms with van der Waals surface area (Å²) < 4.78 is 27.7. The molecule has 0 unspecified atom stereocenters. The topological polar surface area (TPSA) is 92.8 Å². The normalized spacial score (nSPS) is 21.7. The first kappa shape index (κ1) is 21.4. The molecule has 8 heteroatoms. The Balaban J connectivity index is 1.42. The smallest absolute Gasteiger partial charge is 0.331 e. The molecule has 1 aromatic carbocycles. The molecule has 0 aliphatic carbocycles. The average molecular weight is 421 g/mol. The van der Waals surface area contributed by atoms with Crippen molar-refractivity contribution in [2.45, 2.75) is 38.1 Å². The zero-order chi connectivity index (χ0) is 20.7. The first-order valence-electron chi connectivity index (χ1n) is 10.1. The Morgan fingerprint density at radius 3 is 2.41 bits per heavy atom. The van der Waals surface area contributed by atoms with E-state index in [0.717, 1.165) is 18.7 Å². The number of hydrogen-bond acceptors (Lipinski definition) is 6. The van der Waals surface area contributed by atoms with Gasteiger partial charge in [-0.05, 0) is 43.0 Å². The van der Waals surface area contributed by atoms with Crippen LogP contribution in [0.1, 0.15) is 37.7 Å². The molecule has 3 rings (SSSR count). The molecule has 0 spiro atoms. The maximum atomic E-state index is 11.8. The summed E-state index contributed by atoms with van der Waals surface area (Å²) in [5.74, 6) is -1.08. The number of amides is 1. The summed E-state index contributed by atoms with van der Waals surface area (Å²) in [7, 11) is -3.06. The van der Waals surface area contributed by atoms with Gasteiger partial charge < -0.3 is 15.0 Å². The molecule has 0 saturated carbocycles. The van der Waals surface area contributed by atoms with Crippen LogP contribution in [0, 0.1) is 0 Å². The fourth-order valence-electron chi connectivity index (χ4n) is 3.65. The van der Waals surface area contributed by atoms with E-state index in [1.54, 1.807) is 6.08 Å². The van der Waals surface area contributed by atoms with Crippen LogP contribution >= 0.6 is 0 Å². The van der Waals surface area contributed by atoms with E-state index in [9.17, 15) is 18.0 Å². The number of hydrogen-bond donors (Lipinski definition) is 1. The maximum Gasteiger partial charge on any atom is 0.331 e. The standard InChI is InChI=1S/C21H28N2O5S/c24-20(22-18-11-14-29(26,27)16-18)15-28-21(25)10-7-17-5-8-19(9-6-17)23-12-3-1-2-4-13-23/h5-10,18H,1-4,11-16H2,(H,22,24)/b10-7+/t18-/m1/s1. The van der Waals surface area contributed by atoms with Crippen LogP contribution in [0.2, 0.25) is 0 Å². The van der Waals surface area contributed by atoms with Crippen LogP contribution in [-0.4, -0.2) is 57.5 Å². The van der Waals surface area contributed by atoms with Gasteiger partial charge in [0.05, 0.1) is 11.5 Å². The third-order valence-corrected chi connectivity index (χ3v) is 6.99. The zero-order valence-electron chi connectivity index (χ0n) is 16.5. The SMILES string of the molecule is O=C(COC(=O)/C=C/c1ccc(N2CCCCCC2)cc1)N[C@@H]1CCS(=O)(=O)C1. The lowest BCUT2D eigenvalue weighted by molar-refractivity contribution is -0.143. The number of nitrogens with zero attached hydrogens (tertiary/aromatic N) is 1.